The summed E-state index contributed by atoms with van der Waals surface area (Å²) in [5.74, 6) is 1.52. The Balaban J connectivity index is 1.40. The van der Waals surface area contributed by atoms with E-state index < -0.39 is 6.17 Å². The van der Waals surface area contributed by atoms with E-state index in [9.17, 15) is 4.39 Å². The molecule has 3 aromatic rings. The highest BCUT2D eigenvalue weighted by molar-refractivity contribution is 5.63. The number of piperidine rings is 1. The summed E-state index contributed by atoms with van der Waals surface area (Å²) >= 11 is 0. The quantitative estimate of drug-likeness (QED) is 0.726. The number of fused-ring (bicyclic) bond motifs is 1. The van der Waals surface area contributed by atoms with Crippen molar-refractivity contribution in [1.82, 2.24) is 19.7 Å². The first kappa shape index (κ1) is 16.5. The molecular weight excluding hydrogens is 345 g/mol. The fraction of sp³-hybridized carbons (Fsp3) is 0.400. The number of alkyl halides is 1. The van der Waals surface area contributed by atoms with E-state index >= 15 is 0 Å². The van der Waals surface area contributed by atoms with Gasteiger partial charge in [-0.2, -0.15) is 0 Å². The molecule has 2 aliphatic rings. The Bertz CT molecular complexity index is 954. The van der Waals surface area contributed by atoms with Crippen molar-refractivity contribution in [3.63, 3.8) is 0 Å². The van der Waals surface area contributed by atoms with Gasteiger partial charge in [0.15, 0.2) is 0 Å². The van der Waals surface area contributed by atoms with E-state index in [1.807, 2.05) is 47.1 Å². The summed E-state index contributed by atoms with van der Waals surface area (Å²) in [6.07, 6.45) is 6.05. The Labute approximate surface area is 156 Å². The highest BCUT2D eigenvalue weighted by atomic mass is 19.1. The van der Waals surface area contributed by atoms with Crippen LogP contribution in [0.5, 0.6) is 5.75 Å². The minimum absolute atomic E-state index is 0.259. The Morgan fingerprint density at radius 1 is 1.22 bits per heavy atom. The van der Waals surface area contributed by atoms with E-state index in [0.717, 1.165) is 42.2 Å². The van der Waals surface area contributed by atoms with Gasteiger partial charge in [-0.25, -0.2) is 14.4 Å². The lowest BCUT2D eigenvalue weighted by Crippen LogP contribution is -2.46. The van der Waals surface area contributed by atoms with Gasteiger partial charge in [-0.05, 0) is 44.0 Å². The Kier molecular flexibility index (Phi) is 4.16. The summed E-state index contributed by atoms with van der Waals surface area (Å²) in [4.78, 5) is 9.17. The number of ether oxygens (including phenoxy) is 1. The van der Waals surface area contributed by atoms with E-state index in [-0.39, 0.29) is 6.04 Å². The number of hydrogen-bond acceptors (Lipinski definition) is 5. The Morgan fingerprint density at radius 3 is 3.00 bits per heavy atom. The molecule has 0 unspecified atom stereocenters. The van der Waals surface area contributed by atoms with Crippen LogP contribution in [-0.2, 0) is 0 Å². The van der Waals surface area contributed by atoms with Gasteiger partial charge < -0.3 is 15.4 Å². The molecule has 6 nitrogen and oxygen atoms in total. The highest BCUT2D eigenvalue weighted by Crippen LogP contribution is 2.28. The minimum Gasteiger partial charge on any atom is -0.490 e. The number of nitrogens with one attached hydrogen (secondary N) is 2. The summed E-state index contributed by atoms with van der Waals surface area (Å²) in [5, 5.41) is 6.44. The number of pyridine rings is 2. The van der Waals surface area contributed by atoms with Crippen molar-refractivity contribution in [2.24, 2.45) is 0 Å². The zero-order valence-corrected chi connectivity index (χ0v) is 14.9. The van der Waals surface area contributed by atoms with Crippen molar-refractivity contribution in [3.8, 4) is 17.1 Å². The molecular formula is C20H22FN5O. The molecule has 7 heteroatoms. The smallest absolute Gasteiger partial charge is 0.140 e. The lowest BCUT2D eigenvalue weighted by molar-refractivity contribution is 0.241. The molecule has 5 rings (SSSR count). The van der Waals surface area contributed by atoms with E-state index in [1.54, 1.807) is 0 Å². The van der Waals surface area contributed by atoms with Gasteiger partial charge in [-0.3, -0.25) is 4.40 Å². The summed E-state index contributed by atoms with van der Waals surface area (Å²) in [5.41, 5.74) is 2.51. The molecule has 2 fully saturated rings. The first-order chi connectivity index (χ1) is 13.3. The maximum absolute atomic E-state index is 14.1. The lowest BCUT2D eigenvalue weighted by Gasteiger charge is -2.28. The second-order valence-electron chi connectivity index (χ2n) is 7.22. The van der Waals surface area contributed by atoms with Gasteiger partial charge in [0.2, 0.25) is 0 Å². The number of aromatic nitrogens is 3. The molecule has 0 radical (unpaired) electrons. The maximum Gasteiger partial charge on any atom is 0.140 e. The standard InChI is InChI=1S/C20H22FN5O/c21-15-6-8-22-11-17(15)25-19-3-1-2-16(24-19)18-12-23-20-10-14(7-9-26(18)20)27-13-4-5-13/h1-3,7,9-10,12-13,15,17,22H,4-6,8,11H2,(H,24,25)/t15-,17-/m0/s1. The average Bonchev–Trinajstić information content (AvgIpc) is 3.39. The van der Waals surface area contributed by atoms with Crippen LogP contribution in [0.15, 0.2) is 42.7 Å². The zero-order valence-electron chi connectivity index (χ0n) is 14.9. The third-order valence-corrected chi connectivity index (χ3v) is 5.05. The first-order valence-corrected chi connectivity index (χ1v) is 9.49. The van der Waals surface area contributed by atoms with Crippen molar-refractivity contribution in [2.45, 2.75) is 37.6 Å². The molecule has 0 amide bonds. The molecule has 1 saturated carbocycles. The number of halogens is 1. The summed E-state index contributed by atoms with van der Waals surface area (Å²) in [6, 6.07) is 9.39. The van der Waals surface area contributed by atoms with Crippen molar-refractivity contribution >= 4 is 11.5 Å². The van der Waals surface area contributed by atoms with Gasteiger partial charge >= 0.3 is 0 Å². The SMILES string of the molecule is F[C@H]1CCNC[C@@H]1Nc1cccc(-c2cnc3cc(OC4CC4)ccn23)n1. The van der Waals surface area contributed by atoms with Crippen LogP contribution in [0.3, 0.4) is 0 Å². The molecule has 2 atom stereocenters. The average molecular weight is 367 g/mol. The van der Waals surface area contributed by atoms with Gasteiger partial charge in [-0.15, -0.1) is 0 Å². The largest absolute Gasteiger partial charge is 0.490 e. The second kappa shape index (κ2) is 6.81. The minimum atomic E-state index is -0.864. The van der Waals surface area contributed by atoms with E-state index in [4.69, 9.17) is 4.74 Å². The fourth-order valence-electron chi connectivity index (χ4n) is 3.42. The molecule has 1 saturated heterocycles. The Morgan fingerprint density at radius 2 is 2.15 bits per heavy atom. The van der Waals surface area contributed by atoms with Gasteiger partial charge in [0.1, 0.15) is 23.4 Å². The zero-order chi connectivity index (χ0) is 18.2. The van der Waals surface area contributed by atoms with Gasteiger partial charge in [0, 0.05) is 18.8 Å². The normalized spacial score (nSPS) is 22.7. The van der Waals surface area contributed by atoms with Crippen LogP contribution in [-0.4, -0.2) is 45.8 Å². The van der Waals surface area contributed by atoms with Crippen LogP contribution in [0.25, 0.3) is 17.0 Å². The van der Waals surface area contributed by atoms with E-state index in [1.165, 1.54) is 0 Å². The van der Waals surface area contributed by atoms with Gasteiger partial charge in [0.05, 0.1) is 29.7 Å². The Hall–Kier alpha value is -2.67. The van der Waals surface area contributed by atoms with Crippen LogP contribution in [0.2, 0.25) is 0 Å². The molecule has 0 bridgehead atoms. The van der Waals surface area contributed by atoms with Gasteiger partial charge in [-0.1, -0.05) is 6.07 Å². The second-order valence-corrected chi connectivity index (χ2v) is 7.22. The van der Waals surface area contributed by atoms with Crippen LogP contribution in [0, 0.1) is 0 Å². The first-order valence-electron chi connectivity index (χ1n) is 9.49. The van der Waals surface area contributed by atoms with E-state index in [0.29, 0.717) is 24.9 Å². The number of hydrogen-bond donors (Lipinski definition) is 2. The summed E-state index contributed by atoms with van der Waals surface area (Å²) in [7, 11) is 0. The monoisotopic (exact) mass is 367 g/mol. The number of anilines is 1. The maximum atomic E-state index is 14.1. The highest BCUT2D eigenvalue weighted by Gasteiger charge is 2.25. The molecule has 140 valence electrons. The van der Waals surface area contributed by atoms with Crippen LogP contribution >= 0.6 is 0 Å². The molecule has 0 spiro atoms. The van der Waals surface area contributed by atoms with Crippen molar-refractivity contribution < 1.29 is 9.13 Å². The molecule has 4 heterocycles. The summed E-state index contributed by atoms with van der Waals surface area (Å²) < 4.78 is 21.9. The van der Waals surface area contributed by atoms with Gasteiger partial charge in [0.25, 0.3) is 0 Å². The molecule has 2 N–H and O–H groups in total. The predicted octanol–water partition coefficient (Wildman–Crippen LogP) is 3.05. The van der Waals surface area contributed by atoms with E-state index in [2.05, 4.69) is 20.6 Å². The van der Waals surface area contributed by atoms with Crippen LogP contribution in [0.4, 0.5) is 10.2 Å². The number of rotatable bonds is 5. The summed E-state index contributed by atoms with van der Waals surface area (Å²) in [6.45, 7) is 1.33. The van der Waals surface area contributed by atoms with Crippen molar-refractivity contribution in [1.29, 1.82) is 0 Å². The van der Waals surface area contributed by atoms with Crippen molar-refractivity contribution in [2.75, 3.05) is 18.4 Å². The molecule has 1 aliphatic heterocycles. The van der Waals surface area contributed by atoms with Crippen molar-refractivity contribution in [3.05, 3.63) is 42.7 Å². The van der Waals surface area contributed by atoms with Crippen LogP contribution < -0.4 is 15.4 Å². The lowest BCUT2D eigenvalue weighted by atomic mass is 10.1. The predicted molar refractivity (Wildman–Crippen MR) is 102 cm³/mol. The molecule has 3 aromatic heterocycles. The molecule has 1 aliphatic carbocycles. The topological polar surface area (TPSA) is 63.5 Å². The molecule has 27 heavy (non-hydrogen) atoms. The van der Waals surface area contributed by atoms with Crippen LogP contribution in [0.1, 0.15) is 19.3 Å². The number of nitrogens with zero attached hydrogens (tertiary/aromatic N) is 3. The molecule has 0 aromatic carbocycles. The third-order valence-electron chi connectivity index (χ3n) is 5.05. The number of imidazole rings is 1. The third kappa shape index (κ3) is 3.47. The fourth-order valence-corrected chi connectivity index (χ4v) is 3.42.